The summed E-state index contributed by atoms with van der Waals surface area (Å²) in [4.78, 5) is 34.3. The number of hydrogen-bond donors (Lipinski definition) is 1. The Morgan fingerprint density at radius 3 is 2.69 bits per heavy atom. The van der Waals surface area contributed by atoms with Crippen molar-refractivity contribution >= 4 is 18.1 Å². The number of carbonyl (C=O) groups is 2. The molecule has 2 heterocycles. The smallest absolute Gasteiger partial charge is 0.291 e. The van der Waals surface area contributed by atoms with E-state index >= 15 is 0 Å². The standard InChI is InChI=1S/C20H25N7O2/c1-15-11-21-20(25(2)3)27(15)10-9-17(13-28)23-19(29)18-22-14-26(24-18)12-16-7-5-4-6-8-16/h4-8,11,13-14,17H,9-10,12H2,1-3H3,(H,23,29). The zero-order valence-corrected chi connectivity index (χ0v) is 16.8. The SMILES string of the molecule is Cc1cnc(N(C)C)n1CCC(C=O)NC(=O)c1ncn(Cc2ccccc2)n1. The monoisotopic (exact) mass is 395 g/mol. The Bertz CT molecular complexity index is 962. The average molecular weight is 395 g/mol. The highest BCUT2D eigenvalue weighted by Crippen LogP contribution is 2.13. The van der Waals surface area contributed by atoms with E-state index in [-0.39, 0.29) is 5.82 Å². The van der Waals surface area contributed by atoms with Gasteiger partial charge >= 0.3 is 0 Å². The molecular formula is C20H25N7O2. The highest BCUT2D eigenvalue weighted by atomic mass is 16.2. The molecule has 0 saturated carbocycles. The van der Waals surface area contributed by atoms with Crippen LogP contribution in [0, 0.1) is 6.92 Å². The molecule has 0 fully saturated rings. The lowest BCUT2D eigenvalue weighted by Gasteiger charge is -2.17. The van der Waals surface area contributed by atoms with Crippen LogP contribution in [0.2, 0.25) is 0 Å². The zero-order chi connectivity index (χ0) is 20.8. The van der Waals surface area contributed by atoms with E-state index in [1.165, 1.54) is 6.33 Å². The first-order valence-corrected chi connectivity index (χ1v) is 9.37. The Balaban J connectivity index is 1.59. The molecule has 29 heavy (non-hydrogen) atoms. The molecular weight excluding hydrogens is 370 g/mol. The van der Waals surface area contributed by atoms with Crippen LogP contribution in [0.3, 0.4) is 0 Å². The van der Waals surface area contributed by atoms with Crippen LogP contribution in [0.5, 0.6) is 0 Å². The van der Waals surface area contributed by atoms with Gasteiger partial charge in [-0.15, -0.1) is 5.10 Å². The molecule has 152 valence electrons. The summed E-state index contributed by atoms with van der Waals surface area (Å²) in [5.41, 5.74) is 2.05. The molecule has 0 spiro atoms. The van der Waals surface area contributed by atoms with Gasteiger partial charge in [-0.25, -0.2) is 14.6 Å². The molecule has 2 aromatic heterocycles. The van der Waals surface area contributed by atoms with E-state index in [4.69, 9.17) is 0 Å². The maximum absolute atomic E-state index is 12.4. The van der Waals surface area contributed by atoms with Crippen LogP contribution in [-0.2, 0) is 17.9 Å². The summed E-state index contributed by atoms with van der Waals surface area (Å²) in [7, 11) is 3.82. The fourth-order valence-corrected chi connectivity index (χ4v) is 3.00. The number of nitrogens with zero attached hydrogens (tertiary/aromatic N) is 6. The van der Waals surface area contributed by atoms with Gasteiger partial charge in [0.1, 0.15) is 12.6 Å². The summed E-state index contributed by atoms with van der Waals surface area (Å²) < 4.78 is 3.61. The lowest BCUT2D eigenvalue weighted by atomic mass is 10.2. The fraction of sp³-hybridized carbons (Fsp3) is 0.350. The third kappa shape index (κ3) is 5.07. The van der Waals surface area contributed by atoms with Crippen molar-refractivity contribution in [3.8, 4) is 0 Å². The summed E-state index contributed by atoms with van der Waals surface area (Å²) in [6, 6.07) is 9.14. The molecule has 9 nitrogen and oxygen atoms in total. The minimum Gasteiger partial charge on any atom is -0.348 e. The van der Waals surface area contributed by atoms with E-state index in [0.717, 1.165) is 23.5 Å². The summed E-state index contributed by atoms with van der Waals surface area (Å²) >= 11 is 0. The zero-order valence-electron chi connectivity index (χ0n) is 16.8. The second-order valence-corrected chi connectivity index (χ2v) is 7.00. The number of benzene rings is 1. The molecule has 1 aromatic carbocycles. The number of amides is 1. The number of aryl methyl sites for hydroxylation is 1. The van der Waals surface area contributed by atoms with Gasteiger partial charge in [-0.05, 0) is 18.9 Å². The number of carbonyl (C=O) groups excluding carboxylic acids is 2. The predicted octanol–water partition coefficient (Wildman–Crippen LogP) is 1.28. The second kappa shape index (κ2) is 9.13. The highest BCUT2D eigenvalue weighted by Gasteiger charge is 2.18. The maximum atomic E-state index is 12.4. The van der Waals surface area contributed by atoms with E-state index in [1.54, 1.807) is 10.9 Å². The molecule has 3 aromatic rings. The van der Waals surface area contributed by atoms with Gasteiger partial charge in [-0.3, -0.25) is 4.79 Å². The maximum Gasteiger partial charge on any atom is 0.291 e. The predicted molar refractivity (Wildman–Crippen MR) is 109 cm³/mol. The van der Waals surface area contributed by atoms with Crippen molar-refractivity contribution in [3.63, 3.8) is 0 Å². The van der Waals surface area contributed by atoms with E-state index in [2.05, 4.69) is 20.4 Å². The number of rotatable bonds is 9. The van der Waals surface area contributed by atoms with Crippen molar-refractivity contribution in [2.45, 2.75) is 32.5 Å². The molecule has 0 saturated heterocycles. The lowest BCUT2D eigenvalue weighted by molar-refractivity contribution is -0.109. The Morgan fingerprint density at radius 2 is 2.00 bits per heavy atom. The lowest BCUT2D eigenvalue weighted by Crippen LogP contribution is -2.37. The Hall–Kier alpha value is -3.49. The third-order valence-corrected chi connectivity index (χ3v) is 4.51. The van der Waals surface area contributed by atoms with Gasteiger partial charge in [0.2, 0.25) is 11.8 Å². The summed E-state index contributed by atoms with van der Waals surface area (Å²) in [6.45, 7) is 3.03. The Morgan fingerprint density at radius 1 is 1.24 bits per heavy atom. The average Bonchev–Trinajstić information content (AvgIpc) is 3.32. The van der Waals surface area contributed by atoms with Crippen molar-refractivity contribution in [1.82, 2.24) is 29.6 Å². The van der Waals surface area contributed by atoms with Gasteiger partial charge in [-0.1, -0.05) is 30.3 Å². The van der Waals surface area contributed by atoms with E-state index in [1.807, 2.05) is 60.8 Å². The minimum absolute atomic E-state index is 0.0422. The number of nitrogens with one attached hydrogen (secondary N) is 1. The molecule has 0 radical (unpaired) electrons. The number of aromatic nitrogens is 5. The largest absolute Gasteiger partial charge is 0.348 e. The van der Waals surface area contributed by atoms with Gasteiger partial charge in [-0.2, -0.15) is 0 Å². The molecule has 9 heteroatoms. The third-order valence-electron chi connectivity index (χ3n) is 4.51. The van der Waals surface area contributed by atoms with Crippen molar-refractivity contribution in [2.75, 3.05) is 19.0 Å². The summed E-state index contributed by atoms with van der Waals surface area (Å²) in [5, 5.41) is 6.91. The number of aldehydes is 1. The Kier molecular flexibility index (Phi) is 6.38. The molecule has 3 rings (SSSR count). The van der Waals surface area contributed by atoms with E-state index in [9.17, 15) is 9.59 Å². The summed E-state index contributed by atoms with van der Waals surface area (Å²) in [5.74, 6) is 0.379. The van der Waals surface area contributed by atoms with Crippen molar-refractivity contribution < 1.29 is 9.59 Å². The van der Waals surface area contributed by atoms with Crippen molar-refractivity contribution in [1.29, 1.82) is 0 Å². The molecule has 1 unspecified atom stereocenters. The molecule has 1 atom stereocenters. The number of anilines is 1. The van der Waals surface area contributed by atoms with Crippen LogP contribution in [0.4, 0.5) is 5.95 Å². The van der Waals surface area contributed by atoms with Crippen LogP contribution in [-0.4, -0.2) is 56.6 Å². The van der Waals surface area contributed by atoms with Crippen molar-refractivity contribution in [3.05, 3.63) is 59.9 Å². The first kappa shape index (κ1) is 20.2. The van der Waals surface area contributed by atoms with Crippen LogP contribution in [0.25, 0.3) is 0 Å². The topological polar surface area (TPSA) is 97.9 Å². The minimum atomic E-state index is -0.639. The first-order valence-electron chi connectivity index (χ1n) is 9.37. The van der Waals surface area contributed by atoms with Crippen LogP contribution >= 0.6 is 0 Å². The van der Waals surface area contributed by atoms with Crippen LogP contribution in [0.1, 0.15) is 28.3 Å². The molecule has 0 aliphatic rings. The Labute approximate surface area is 169 Å². The number of hydrogen-bond acceptors (Lipinski definition) is 6. The van der Waals surface area contributed by atoms with Gasteiger partial charge in [0.15, 0.2) is 0 Å². The van der Waals surface area contributed by atoms with Crippen molar-refractivity contribution in [2.24, 2.45) is 0 Å². The van der Waals surface area contributed by atoms with Gasteiger partial charge < -0.3 is 19.6 Å². The number of imidazole rings is 1. The van der Waals surface area contributed by atoms with E-state index < -0.39 is 11.9 Å². The molecule has 0 bridgehead atoms. The van der Waals surface area contributed by atoms with Crippen LogP contribution < -0.4 is 10.2 Å². The quantitative estimate of drug-likeness (QED) is 0.548. The summed E-state index contributed by atoms with van der Waals surface area (Å²) in [6.07, 6.45) is 4.47. The molecule has 0 aliphatic carbocycles. The highest BCUT2D eigenvalue weighted by molar-refractivity contribution is 5.92. The van der Waals surface area contributed by atoms with Gasteiger partial charge in [0.05, 0.1) is 18.8 Å². The fourth-order valence-electron chi connectivity index (χ4n) is 3.00. The van der Waals surface area contributed by atoms with Gasteiger partial charge in [0, 0.05) is 26.3 Å². The molecule has 0 aliphatic heterocycles. The van der Waals surface area contributed by atoms with E-state index in [0.29, 0.717) is 19.5 Å². The van der Waals surface area contributed by atoms with Crippen LogP contribution in [0.15, 0.2) is 42.9 Å². The first-order chi connectivity index (χ1) is 14.0. The van der Waals surface area contributed by atoms with Gasteiger partial charge in [0.25, 0.3) is 5.91 Å². The molecule has 1 N–H and O–H groups in total. The molecule has 1 amide bonds. The second-order valence-electron chi connectivity index (χ2n) is 7.00. The normalized spacial score (nSPS) is 11.8.